The third kappa shape index (κ3) is 5.04. The van der Waals surface area contributed by atoms with E-state index < -0.39 is 0 Å². The van der Waals surface area contributed by atoms with Crippen molar-refractivity contribution in [1.29, 1.82) is 0 Å². The molecule has 0 aliphatic heterocycles. The van der Waals surface area contributed by atoms with Gasteiger partial charge in [-0.2, -0.15) is 0 Å². The molecule has 4 atom stereocenters. The van der Waals surface area contributed by atoms with Crippen molar-refractivity contribution in [2.75, 3.05) is 33.9 Å². The molecule has 0 heterocycles. The van der Waals surface area contributed by atoms with Gasteiger partial charge in [0.1, 0.15) is 0 Å². The first-order chi connectivity index (χ1) is 13.3. The van der Waals surface area contributed by atoms with Crippen LogP contribution in [0, 0.1) is 34.5 Å². The second-order valence-electron chi connectivity index (χ2n) is 11.2. The van der Waals surface area contributed by atoms with Crippen molar-refractivity contribution in [3.05, 3.63) is 11.6 Å². The van der Waals surface area contributed by atoms with E-state index in [0.29, 0.717) is 10.8 Å². The largest absolute Gasteiger partial charge is 0.384 e. The molecular weight excluding hydrogens is 342 g/mol. The summed E-state index contributed by atoms with van der Waals surface area (Å²) in [6.07, 6.45) is 15.1. The van der Waals surface area contributed by atoms with Crippen LogP contribution in [0.4, 0.5) is 0 Å². The molecule has 0 aromatic heterocycles. The molecule has 0 radical (unpaired) electrons. The smallest absolute Gasteiger partial charge is 0.0524 e. The van der Waals surface area contributed by atoms with E-state index >= 15 is 0 Å². The molecule has 2 nitrogen and oxygen atoms in total. The van der Waals surface area contributed by atoms with Gasteiger partial charge < -0.3 is 9.64 Å². The summed E-state index contributed by atoms with van der Waals surface area (Å²) >= 11 is 0. The summed E-state index contributed by atoms with van der Waals surface area (Å²) in [4.78, 5) is 2.67. The molecule has 3 aliphatic carbocycles. The molecule has 2 heteroatoms. The molecule has 0 saturated heterocycles. The quantitative estimate of drug-likeness (QED) is 0.350. The van der Waals surface area contributed by atoms with Gasteiger partial charge in [-0.05, 0) is 93.9 Å². The van der Waals surface area contributed by atoms with Crippen molar-refractivity contribution in [3.63, 3.8) is 0 Å². The average Bonchev–Trinajstić information content (AvgIpc) is 3.58. The fourth-order valence-corrected chi connectivity index (χ4v) is 6.21. The van der Waals surface area contributed by atoms with Crippen molar-refractivity contribution in [2.45, 2.75) is 85.5 Å². The van der Waals surface area contributed by atoms with Crippen LogP contribution >= 0.6 is 0 Å². The lowest BCUT2D eigenvalue weighted by Crippen LogP contribution is -2.34. The fourth-order valence-electron chi connectivity index (χ4n) is 6.21. The van der Waals surface area contributed by atoms with E-state index in [9.17, 15) is 0 Å². The number of hydrogen-bond acceptors (Lipinski definition) is 2. The molecule has 3 aliphatic rings. The topological polar surface area (TPSA) is 12.5 Å². The number of nitrogens with zero attached hydrogens (tertiary/aromatic N) is 1. The van der Waals surface area contributed by atoms with Gasteiger partial charge in [0.05, 0.1) is 6.61 Å². The number of ether oxygens (including phenoxy) is 1. The molecule has 4 unspecified atom stereocenters. The van der Waals surface area contributed by atoms with E-state index in [1.807, 2.05) is 7.11 Å². The van der Waals surface area contributed by atoms with E-state index in [2.05, 4.69) is 45.7 Å². The van der Waals surface area contributed by atoms with Crippen LogP contribution in [-0.4, -0.2) is 38.8 Å². The van der Waals surface area contributed by atoms with E-state index in [-0.39, 0.29) is 0 Å². The summed E-state index contributed by atoms with van der Waals surface area (Å²) in [5, 5.41) is 0. The Balaban J connectivity index is 1.44. The molecule has 0 aromatic carbocycles. The monoisotopic (exact) mass is 389 g/mol. The Labute approximate surface area is 175 Å². The van der Waals surface area contributed by atoms with E-state index in [4.69, 9.17) is 4.74 Å². The highest BCUT2D eigenvalue weighted by Gasteiger charge is 2.56. The van der Waals surface area contributed by atoms with E-state index in [1.165, 1.54) is 70.9 Å². The minimum Gasteiger partial charge on any atom is -0.384 e. The molecule has 0 amide bonds. The number of hydrogen-bond donors (Lipinski definition) is 0. The summed E-state index contributed by atoms with van der Waals surface area (Å²) in [5.74, 6) is 3.25. The van der Waals surface area contributed by atoms with Crippen LogP contribution in [0.15, 0.2) is 11.6 Å². The van der Waals surface area contributed by atoms with Gasteiger partial charge in [-0.1, -0.05) is 39.3 Å². The molecule has 162 valence electrons. The number of methoxy groups -OCH3 is 1. The Morgan fingerprint density at radius 3 is 2.46 bits per heavy atom. The summed E-state index contributed by atoms with van der Waals surface area (Å²) < 4.78 is 5.57. The molecule has 0 spiro atoms. The zero-order valence-electron chi connectivity index (χ0n) is 19.7. The zero-order valence-corrected chi connectivity index (χ0v) is 19.7. The summed E-state index contributed by atoms with van der Waals surface area (Å²) in [7, 11) is 4.24. The highest BCUT2D eigenvalue weighted by molar-refractivity contribution is 5.09. The maximum Gasteiger partial charge on any atom is 0.0524 e. The predicted molar refractivity (Wildman–Crippen MR) is 121 cm³/mol. The molecule has 28 heavy (non-hydrogen) atoms. The molecule has 2 saturated carbocycles. The van der Waals surface area contributed by atoms with Gasteiger partial charge in [-0.25, -0.2) is 0 Å². The van der Waals surface area contributed by atoms with E-state index in [0.717, 1.165) is 30.3 Å². The van der Waals surface area contributed by atoms with Gasteiger partial charge in [-0.3, -0.25) is 0 Å². The van der Waals surface area contributed by atoms with Crippen LogP contribution in [0.2, 0.25) is 0 Å². The third-order valence-corrected chi connectivity index (χ3v) is 8.89. The lowest BCUT2D eigenvalue weighted by Gasteiger charge is -2.31. The first-order valence-electron chi connectivity index (χ1n) is 12.2. The van der Waals surface area contributed by atoms with Crippen molar-refractivity contribution in [2.24, 2.45) is 34.5 Å². The van der Waals surface area contributed by atoms with Crippen LogP contribution in [0.1, 0.15) is 85.5 Å². The Kier molecular flexibility index (Phi) is 7.35. The van der Waals surface area contributed by atoms with Crippen LogP contribution < -0.4 is 0 Å². The Bertz CT molecular complexity index is 535. The third-order valence-electron chi connectivity index (χ3n) is 8.89. The van der Waals surface area contributed by atoms with Crippen LogP contribution in [-0.2, 0) is 4.74 Å². The van der Waals surface area contributed by atoms with Gasteiger partial charge >= 0.3 is 0 Å². The fraction of sp³-hybridized carbons (Fsp3) is 0.923. The molecule has 2 fully saturated rings. The first kappa shape index (κ1) is 22.3. The highest BCUT2D eigenvalue weighted by atomic mass is 16.5. The number of rotatable bonds is 12. The first-order valence-corrected chi connectivity index (χ1v) is 12.2. The van der Waals surface area contributed by atoms with Gasteiger partial charge in [0.15, 0.2) is 0 Å². The Morgan fingerprint density at radius 1 is 1.14 bits per heavy atom. The Hall–Kier alpha value is -0.340. The van der Waals surface area contributed by atoms with Crippen LogP contribution in [0.5, 0.6) is 0 Å². The van der Waals surface area contributed by atoms with E-state index in [1.54, 1.807) is 5.57 Å². The molecule has 0 N–H and O–H groups in total. The van der Waals surface area contributed by atoms with Crippen molar-refractivity contribution < 1.29 is 4.74 Å². The summed E-state index contributed by atoms with van der Waals surface area (Å²) in [5.41, 5.74) is 2.83. The predicted octanol–water partition coefficient (Wildman–Crippen LogP) is 6.56. The second-order valence-corrected chi connectivity index (χ2v) is 11.2. The second kappa shape index (κ2) is 9.21. The molecular formula is C26H47NO. The Morgan fingerprint density at radius 2 is 1.89 bits per heavy atom. The maximum atomic E-state index is 5.57. The lowest BCUT2D eigenvalue weighted by molar-refractivity contribution is 0.0959. The van der Waals surface area contributed by atoms with Gasteiger partial charge in [0.25, 0.3) is 0 Å². The van der Waals surface area contributed by atoms with Crippen molar-refractivity contribution in [1.82, 2.24) is 4.90 Å². The van der Waals surface area contributed by atoms with Crippen LogP contribution in [0.25, 0.3) is 0 Å². The van der Waals surface area contributed by atoms with Crippen molar-refractivity contribution >= 4 is 0 Å². The molecule has 0 aromatic rings. The van der Waals surface area contributed by atoms with Crippen LogP contribution in [0.3, 0.4) is 0 Å². The maximum absolute atomic E-state index is 5.57. The van der Waals surface area contributed by atoms with Crippen molar-refractivity contribution in [3.8, 4) is 0 Å². The lowest BCUT2D eigenvalue weighted by atomic mass is 9.81. The normalized spacial score (nSPS) is 31.0. The molecule has 0 bridgehead atoms. The highest BCUT2D eigenvalue weighted by Crippen LogP contribution is 2.59. The van der Waals surface area contributed by atoms with Gasteiger partial charge in [0, 0.05) is 25.6 Å². The SMILES string of the molecule is COCC1(C(C)C)CC1CN(C)CC1(C(C)CCC(C)C2=CCCCC2)CC1. The average molecular weight is 390 g/mol. The minimum atomic E-state index is 0.453. The van der Waals surface area contributed by atoms with Gasteiger partial charge in [0.2, 0.25) is 0 Å². The zero-order chi connectivity index (χ0) is 20.4. The number of allylic oxidation sites excluding steroid dienone is 2. The summed E-state index contributed by atoms with van der Waals surface area (Å²) in [6, 6.07) is 0. The minimum absolute atomic E-state index is 0.453. The summed E-state index contributed by atoms with van der Waals surface area (Å²) in [6.45, 7) is 13.3. The standard InChI is InChI=1S/C26H47NO/c1-20(2)26(19-28-6)16-24(26)17-27(5)18-25(14-15-25)22(4)13-12-21(3)23-10-8-7-9-11-23/h10,20-22,24H,7-9,11-19H2,1-6H3. The van der Waals surface area contributed by atoms with Gasteiger partial charge in [-0.15, -0.1) is 0 Å². The molecule has 3 rings (SSSR count).